The Morgan fingerprint density at radius 2 is 2.18 bits per heavy atom. The van der Waals surface area contributed by atoms with Crippen LogP contribution in [0.2, 0.25) is 0 Å². The first kappa shape index (κ1) is 11.6. The van der Waals surface area contributed by atoms with Gasteiger partial charge in [0.25, 0.3) is 5.89 Å². The van der Waals surface area contributed by atoms with Crippen LogP contribution in [-0.2, 0) is 6.42 Å². The second-order valence-corrected chi connectivity index (χ2v) is 4.09. The van der Waals surface area contributed by atoms with Crippen LogP contribution in [0.15, 0.2) is 22.7 Å². The Labute approximate surface area is 100 Å². The van der Waals surface area contributed by atoms with Crippen molar-refractivity contribution in [3.8, 4) is 17.2 Å². The molecule has 0 aliphatic carbocycles. The molecule has 4 nitrogen and oxygen atoms in total. The maximum Gasteiger partial charge on any atom is 0.261 e. The molecule has 0 aliphatic rings. The fourth-order valence-corrected chi connectivity index (χ4v) is 1.63. The molecule has 0 atom stereocenters. The van der Waals surface area contributed by atoms with Gasteiger partial charge in [0.05, 0.1) is 5.56 Å². The molecule has 0 spiro atoms. The summed E-state index contributed by atoms with van der Waals surface area (Å²) < 4.78 is 5.16. The standard InChI is InChI=1S/C13H16N2O2/c1-3-4-8-11-14-13(17-15-11)10-7-5-6-9(2)12(10)16/h5-7,16H,3-4,8H2,1-2H3. The summed E-state index contributed by atoms with van der Waals surface area (Å²) in [6.07, 6.45) is 2.95. The zero-order valence-electron chi connectivity index (χ0n) is 10.1. The minimum absolute atomic E-state index is 0.207. The average molecular weight is 232 g/mol. The van der Waals surface area contributed by atoms with Crippen molar-refractivity contribution in [2.24, 2.45) is 0 Å². The van der Waals surface area contributed by atoms with Crippen LogP contribution >= 0.6 is 0 Å². The molecule has 0 fully saturated rings. The summed E-state index contributed by atoms with van der Waals surface area (Å²) in [5, 5.41) is 13.8. The minimum atomic E-state index is 0.207. The molecule has 2 rings (SSSR count). The van der Waals surface area contributed by atoms with E-state index in [9.17, 15) is 5.11 Å². The Hall–Kier alpha value is -1.84. The molecule has 1 N–H and O–H groups in total. The Balaban J connectivity index is 2.27. The number of hydrogen-bond acceptors (Lipinski definition) is 4. The topological polar surface area (TPSA) is 59.2 Å². The van der Waals surface area contributed by atoms with Crippen LogP contribution in [0.4, 0.5) is 0 Å². The summed E-state index contributed by atoms with van der Waals surface area (Å²) in [4.78, 5) is 4.28. The molecule has 1 aromatic heterocycles. The highest BCUT2D eigenvalue weighted by molar-refractivity contribution is 5.64. The predicted octanol–water partition coefficient (Wildman–Crippen LogP) is 3.09. The SMILES string of the molecule is CCCCc1noc(-c2cccc(C)c2O)n1. The van der Waals surface area contributed by atoms with Crippen molar-refractivity contribution in [1.29, 1.82) is 0 Å². The van der Waals surface area contributed by atoms with E-state index in [0.29, 0.717) is 17.3 Å². The first-order valence-electron chi connectivity index (χ1n) is 5.84. The van der Waals surface area contributed by atoms with Crippen molar-refractivity contribution < 1.29 is 9.63 Å². The molecule has 17 heavy (non-hydrogen) atoms. The lowest BCUT2D eigenvalue weighted by Crippen LogP contribution is -1.87. The van der Waals surface area contributed by atoms with Crippen LogP contribution in [0.3, 0.4) is 0 Å². The van der Waals surface area contributed by atoms with E-state index in [4.69, 9.17) is 4.52 Å². The monoisotopic (exact) mass is 232 g/mol. The van der Waals surface area contributed by atoms with Crippen LogP contribution < -0.4 is 0 Å². The molecule has 0 radical (unpaired) electrons. The van der Waals surface area contributed by atoms with Crippen LogP contribution in [0, 0.1) is 6.92 Å². The number of aromatic nitrogens is 2. The first-order valence-corrected chi connectivity index (χ1v) is 5.84. The number of benzene rings is 1. The van der Waals surface area contributed by atoms with E-state index in [0.717, 1.165) is 24.8 Å². The van der Waals surface area contributed by atoms with Crippen LogP contribution in [0.5, 0.6) is 5.75 Å². The van der Waals surface area contributed by atoms with Gasteiger partial charge in [0.2, 0.25) is 0 Å². The predicted molar refractivity (Wildman–Crippen MR) is 64.7 cm³/mol. The molecule has 0 bridgehead atoms. The molecule has 0 saturated carbocycles. The van der Waals surface area contributed by atoms with E-state index in [2.05, 4.69) is 17.1 Å². The summed E-state index contributed by atoms with van der Waals surface area (Å²) in [5.74, 6) is 1.29. The summed E-state index contributed by atoms with van der Waals surface area (Å²) in [6.45, 7) is 3.96. The van der Waals surface area contributed by atoms with Crippen molar-refractivity contribution in [2.75, 3.05) is 0 Å². The van der Waals surface area contributed by atoms with Crippen molar-refractivity contribution in [2.45, 2.75) is 33.1 Å². The second kappa shape index (κ2) is 4.99. The zero-order chi connectivity index (χ0) is 12.3. The number of aromatic hydroxyl groups is 1. The van der Waals surface area contributed by atoms with E-state index in [-0.39, 0.29) is 5.75 Å². The molecule has 0 saturated heterocycles. The van der Waals surface area contributed by atoms with Crippen molar-refractivity contribution >= 4 is 0 Å². The van der Waals surface area contributed by atoms with Gasteiger partial charge in [0, 0.05) is 6.42 Å². The van der Waals surface area contributed by atoms with Gasteiger partial charge < -0.3 is 9.63 Å². The number of aryl methyl sites for hydroxylation is 2. The van der Waals surface area contributed by atoms with Gasteiger partial charge in [-0.1, -0.05) is 30.6 Å². The Bertz CT molecular complexity index is 506. The molecule has 1 aromatic carbocycles. The smallest absolute Gasteiger partial charge is 0.261 e. The number of rotatable bonds is 4. The van der Waals surface area contributed by atoms with Gasteiger partial charge in [-0.25, -0.2) is 0 Å². The summed E-state index contributed by atoms with van der Waals surface area (Å²) in [7, 11) is 0. The van der Waals surface area contributed by atoms with Crippen LogP contribution in [0.1, 0.15) is 31.2 Å². The third-order valence-electron chi connectivity index (χ3n) is 2.69. The Morgan fingerprint density at radius 3 is 2.94 bits per heavy atom. The van der Waals surface area contributed by atoms with E-state index in [1.165, 1.54) is 0 Å². The van der Waals surface area contributed by atoms with Crippen molar-refractivity contribution in [3.05, 3.63) is 29.6 Å². The lowest BCUT2D eigenvalue weighted by atomic mass is 10.1. The quantitative estimate of drug-likeness (QED) is 0.880. The van der Waals surface area contributed by atoms with Gasteiger partial charge >= 0.3 is 0 Å². The summed E-state index contributed by atoms with van der Waals surface area (Å²) >= 11 is 0. The van der Waals surface area contributed by atoms with Crippen molar-refractivity contribution in [3.63, 3.8) is 0 Å². The molecule has 90 valence electrons. The lowest BCUT2D eigenvalue weighted by molar-refractivity contribution is 0.416. The van der Waals surface area contributed by atoms with E-state index >= 15 is 0 Å². The highest BCUT2D eigenvalue weighted by Gasteiger charge is 2.13. The first-order chi connectivity index (χ1) is 8.22. The lowest BCUT2D eigenvalue weighted by Gasteiger charge is -2.01. The van der Waals surface area contributed by atoms with Gasteiger partial charge in [0.15, 0.2) is 5.82 Å². The number of phenolic OH excluding ortho intramolecular Hbond substituents is 1. The Morgan fingerprint density at radius 1 is 1.35 bits per heavy atom. The van der Waals surface area contributed by atoms with Gasteiger partial charge in [0.1, 0.15) is 5.75 Å². The number of hydrogen-bond donors (Lipinski definition) is 1. The highest BCUT2D eigenvalue weighted by atomic mass is 16.5. The summed E-state index contributed by atoms with van der Waals surface area (Å²) in [6, 6.07) is 5.48. The number of phenols is 1. The van der Waals surface area contributed by atoms with Crippen molar-refractivity contribution in [1.82, 2.24) is 10.1 Å². The van der Waals surface area contributed by atoms with Gasteiger partial charge in [-0.15, -0.1) is 0 Å². The number of unbranched alkanes of at least 4 members (excludes halogenated alkanes) is 1. The third-order valence-corrected chi connectivity index (χ3v) is 2.69. The zero-order valence-corrected chi connectivity index (χ0v) is 10.1. The summed E-state index contributed by atoms with van der Waals surface area (Å²) in [5.41, 5.74) is 1.40. The molecule has 1 heterocycles. The largest absolute Gasteiger partial charge is 0.507 e. The molecular formula is C13H16N2O2. The van der Waals surface area contributed by atoms with Gasteiger partial charge in [-0.2, -0.15) is 4.98 Å². The normalized spacial score (nSPS) is 10.7. The molecule has 0 aliphatic heterocycles. The van der Waals surface area contributed by atoms with Crippen LogP contribution in [-0.4, -0.2) is 15.2 Å². The van der Waals surface area contributed by atoms with E-state index in [1.807, 2.05) is 19.1 Å². The molecule has 0 amide bonds. The van der Waals surface area contributed by atoms with Gasteiger partial charge in [-0.3, -0.25) is 0 Å². The Kier molecular flexibility index (Phi) is 3.42. The third kappa shape index (κ3) is 2.46. The fourth-order valence-electron chi connectivity index (χ4n) is 1.63. The van der Waals surface area contributed by atoms with E-state index in [1.54, 1.807) is 6.07 Å². The second-order valence-electron chi connectivity index (χ2n) is 4.09. The average Bonchev–Trinajstić information content (AvgIpc) is 2.78. The molecular weight excluding hydrogens is 216 g/mol. The van der Waals surface area contributed by atoms with E-state index < -0.39 is 0 Å². The maximum absolute atomic E-state index is 9.91. The highest BCUT2D eigenvalue weighted by Crippen LogP contribution is 2.30. The maximum atomic E-state index is 9.91. The molecule has 4 heteroatoms. The molecule has 0 unspecified atom stereocenters. The van der Waals surface area contributed by atoms with Gasteiger partial charge in [-0.05, 0) is 25.0 Å². The fraction of sp³-hybridized carbons (Fsp3) is 0.385. The van der Waals surface area contributed by atoms with Crippen LogP contribution in [0.25, 0.3) is 11.5 Å². The number of nitrogens with zero attached hydrogens (tertiary/aromatic N) is 2. The minimum Gasteiger partial charge on any atom is -0.507 e. The molecule has 2 aromatic rings. The number of para-hydroxylation sites is 1.